The van der Waals surface area contributed by atoms with Gasteiger partial charge in [-0.25, -0.2) is 0 Å². The van der Waals surface area contributed by atoms with Crippen LogP contribution < -0.4 is 0 Å². The van der Waals surface area contributed by atoms with Gasteiger partial charge in [-0.15, -0.1) is 0 Å². The Morgan fingerprint density at radius 1 is 1.56 bits per heavy atom. The first-order valence-electron chi connectivity index (χ1n) is 5.65. The van der Waals surface area contributed by atoms with E-state index >= 15 is 0 Å². The summed E-state index contributed by atoms with van der Waals surface area (Å²) in [5, 5.41) is 9.98. The Morgan fingerprint density at radius 2 is 2.31 bits per heavy atom. The molecule has 0 spiro atoms. The van der Waals surface area contributed by atoms with Crippen molar-refractivity contribution in [2.24, 2.45) is 5.92 Å². The smallest absolute Gasteiger partial charge is 0.307 e. The summed E-state index contributed by atoms with van der Waals surface area (Å²) < 4.78 is 0. The lowest BCUT2D eigenvalue weighted by atomic mass is 9.74. The van der Waals surface area contributed by atoms with Crippen LogP contribution in [0.1, 0.15) is 36.8 Å². The molecule has 16 heavy (non-hydrogen) atoms. The number of benzene rings is 1. The summed E-state index contributed by atoms with van der Waals surface area (Å²) in [5.41, 5.74) is 2.28. The quantitative estimate of drug-likeness (QED) is 0.857. The van der Waals surface area contributed by atoms with Crippen LogP contribution in [0, 0.1) is 5.92 Å². The lowest BCUT2D eigenvalue weighted by Gasteiger charge is -2.30. The van der Waals surface area contributed by atoms with E-state index in [0.29, 0.717) is 6.42 Å². The Hall–Kier alpha value is -1.02. The minimum atomic E-state index is -0.683. The van der Waals surface area contributed by atoms with Crippen molar-refractivity contribution in [2.75, 3.05) is 0 Å². The molecule has 86 valence electrons. The SMILES string of the molecule is CCC1c2cccc(Cl)c2CCC1C(=O)O. The molecule has 2 atom stereocenters. The van der Waals surface area contributed by atoms with Gasteiger partial charge in [0.2, 0.25) is 0 Å². The van der Waals surface area contributed by atoms with E-state index in [1.54, 1.807) is 0 Å². The first-order valence-corrected chi connectivity index (χ1v) is 6.03. The first-order chi connectivity index (χ1) is 7.65. The summed E-state index contributed by atoms with van der Waals surface area (Å²) in [5.74, 6) is -0.826. The molecule has 0 heterocycles. The number of hydrogen-bond acceptors (Lipinski definition) is 1. The second kappa shape index (κ2) is 4.46. The molecule has 1 aromatic carbocycles. The maximum atomic E-state index is 11.2. The largest absolute Gasteiger partial charge is 0.481 e. The topological polar surface area (TPSA) is 37.3 Å². The average Bonchev–Trinajstić information content (AvgIpc) is 2.27. The molecule has 1 aliphatic rings. The predicted molar refractivity (Wildman–Crippen MR) is 63.9 cm³/mol. The Bertz CT molecular complexity index is 414. The molecule has 2 unspecified atom stereocenters. The molecule has 0 saturated carbocycles. The first kappa shape index (κ1) is 11.5. The molecule has 0 amide bonds. The van der Waals surface area contributed by atoms with E-state index < -0.39 is 5.97 Å². The fourth-order valence-electron chi connectivity index (χ4n) is 2.70. The molecule has 1 N–H and O–H groups in total. The van der Waals surface area contributed by atoms with E-state index in [-0.39, 0.29) is 11.8 Å². The zero-order valence-corrected chi connectivity index (χ0v) is 10.00. The predicted octanol–water partition coefficient (Wildman–Crippen LogP) is 3.48. The van der Waals surface area contributed by atoms with Gasteiger partial charge in [-0.05, 0) is 42.4 Å². The molecule has 3 heteroatoms. The molecule has 2 rings (SSSR count). The van der Waals surface area contributed by atoms with Crippen LogP contribution >= 0.6 is 11.6 Å². The van der Waals surface area contributed by atoms with Crippen LogP contribution in [-0.4, -0.2) is 11.1 Å². The van der Waals surface area contributed by atoms with Gasteiger partial charge in [-0.2, -0.15) is 0 Å². The van der Waals surface area contributed by atoms with Crippen LogP contribution in [0.15, 0.2) is 18.2 Å². The van der Waals surface area contributed by atoms with Crippen molar-refractivity contribution in [1.82, 2.24) is 0 Å². The van der Waals surface area contributed by atoms with Gasteiger partial charge in [0, 0.05) is 5.02 Å². The summed E-state index contributed by atoms with van der Waals surface area (Å²) in [6.07, 6.45) is 2.33. The van der Waals surface area contributed by atoms with Crippen molar-refractivity contribution in [3.8, 4) is 0 Å². The molecule has 0 radical (unpaired) electrons. The van der Waals surface area contributed by atoms with Crippen LogP contribution in [0.25, 0.3) is 0 Å². The molecule has 0 bridgehead atoms. The highest BCUT2D eigenvalue weighted by Gasteiger charge is 2.33. The summed E-state index contributed by atoms with van der Waals surface area (Å²) in [4.78, 5) is 11.2. The standard InChI is InChI=1S/C13H15ClO2/c1-2-8-9-4-3-5-12(14)10(9)6-7-11(8)13(15)16/h3-5,8,11H,2,6-7H2,1H3,(H,15,16). The van der Waals surface area contributed by atoms with Crippen molar-refractivity contribution in [2.45, 2.75) is 32.1 Å². The van der Waals surface area contributed by atoms with Gasteiger partial charge in [0.05, 0.1) is 5.92 Å². The fourth-order valence-corrected chi connectivity index (χ4v) is 2.98. The second-order valence-electron chi connectivity index (χ2n) is 4.31. The van der Waals surface area contributed by atoms with Crippen molar-refractivity contribution in [3.63, 3.8) is 0 Å². The lowest BCUT2D eigenvalue weighted by molar-refractivity contribution is -0.143. The summed E-state index contributed by atoms with van der Waals surface area (Å²) in [7, 11) is 0. The molecule has 0 aliphatic heterocycles. The van der Waals surface area contributed by atoms with E-state index in [4.69, 9.17) is 11.6 Å². The highest BCUT2D eigenvalue weighted by molar-refractivity contribution is 6.31. The van der Waals surface area contributed by atoms with Gasteiger partial charge < -0.3 is 5.11 Å². The van der Waals surface area contributed by atoms with Crippen molar-refractivity contribution >= 4 is 17.6 Å². The van der Waals surface area contributed by atoms with Crippen molar-refractivity contribution < 1.29 is 9.90 Å². The number of aliphatic carboxylic acids is 1. The number of hydrogen-bond donors (Lipinski definition) is 1. The van der Waals surface area contributed by atoms with Crippen molar-refractivity contribution in [3.05, 3.63) is 34.3 Å². The third kappa shape index (κ3) is 1.82. The molecule has 1 aliphatic carbocycles. The lowest BCUT2D eigenvalue weighted by Crippen LogP contribution is -2.27. The van der Waals surface area contributed by atoms with Gasteiger partial charge in [-0.3, -0.25) is 4.79 Å². The molecule has 1 aromatic rings. The Balaban J connectivity index is 2.45. The van der Waals surface area contributed by atoms with Crippen LogP contribution in [0.4, 0.5) is 0 Å². The number of carboxylic acids is 1. The third-order valence-corrected chi connectivity index (χ3v) is 3.86. The summed E-state index contributed by atoms with van der Waals surface area (Å²) in [6, 6.07) is 5.81. The normalized spacial score (nSPS) is 23.9. The van der Waals surface area contributed by atoms with E-state index in [9.17, 15) is 9.90 Å². The van der Waals surface area contributed by atoms with Crippen LogP contribution in [0.3, 0.4) is 0 Å². The number of fused-ring (bicyclic) bond motifs is 1. The van der Waals surface area contributed by atoms with Crippen LogP contribution in [0.2, 0.25) is 5.02 Å². The Morgan fingerprint density at radius 3 is 2.94 bits per heavy atom. The highest BCUT2D eigenvalue weighted by Crippen LogP contribution is 2.40. The molecule has 2 nitrogen and oxygen atoms in total. The number of carbonyl (C=O) groups is 1. The number of halogens is 1. The zero-order chi connectivity index (χ0) is 11.7. The monoisotopic (exact) mass is 238 g/mol. The molecule has 0 saturated heterocycles. The average molecular weight is 239 g/mol. The van der Waals surface area contributed by atoms with Gasteiger partial charge in [0.25, 0.3) is 0 Å². The third-order valence-electron chi connectivity index (χ3n) is 3.50. The Labute approximate surface area is 100 Å². The molecule has 0 fully saturated rings. The zero-order valence-electron chi connectivity index (χ0n) is 9.24. The molecule has 0 aromatic heterocycles. The van der Waals surface area contributed by atoms with E-state index in [0.717, 1.165) is 29.0 Å². The van der Waals surface area contributed by atoms with E-state index in [1.807, 2.05) is 25.1 Å². The van der Waals surface area contributed by atoms with E-state index in [2.05, 4.69) is 0 Å². The van der Waals surface area contributed by atoms with Crippen molar-refractivity contribution in [1.29, 1.82) is 0 Å². The maximum Gasteiger partial charge on any atom is 0.307 e. The maximum absolute atomic E-state index is 11.2. The van der Waals surface area contributed by atoms with Gasteiger partial charge in [0.15, 0.2) is 0 Å². The van der Waals surface area contributed by atoms with Gasteiger partial charge in [-0.1, -0.05) is 30.7 Å². The second-order valence-corrected chi connectivity index (χ2v) is 4.71. The van der Waals surface area contributed by atoms with E-state index in [1.165, 1.54) is 0 Å². The Kier molecular flexibility index (Phi) is 3.20. The van der Waals surface area contributed by atoms with Crippen LogP contribution in [0.5, 0.6) is 0 Å². The summed E-state index contributed by atoms with van der Waals surface area (Å²) >= 11 is 6.14. The van der Waals surface area contributed by atoms with Gasteiger partial charge in [0.1, 0.15) is 0 Å². The number of carboxylic acid groups (broad SMARTS) is 1. The fraction of sp³-hybridized carbons (Fsp3) is 0.462. The minimum Gasteiger partial charge on any atom is -0.481 e. The number of rotatable bonds is 2. The van der Waals surface area contributed by atoms with Crippen LogP contribution in [-0.2, 0) is 11.2 Å². The summed E-state index contributed by atoms with van der Waals surface area (Å²) in [6.45, 7) is 2.04. The minimum absolute atomic E-state index is 0.111. The molecular weight excluding hydrogens is 224 g/mol. The molecular formula is C13H15ClO2. The highest BCUT2D eigenvalue weighted by atomic mass is 35.5. The van der Waals surface area contributed by atoms with Gasteiger partial charge >= 0.3 is 5.97 Å².